The molecule has 0 saturated carbocycles. The second-order valence-corrected chi connectivity index (χ2v) is 10.1. The Morgan fingerprint density at radius 3 is 2.94 bits per heavy atom. The average Bonchev–Trinajstić information content (AvgIpc) is 3.27. The van der Waals surface area contributed by atoms with Gasteiger partial charge in [0.2, 0.25) is 16.0 Å². The van der Waals surface area contributed by atoms with Gasteiger partial charge in [-0.15, -0.1) is 0 Å². The molecule has 2 aromatic rings. The van der Waals surface area contributed by atoms with E-state index in [1.807, 2.05) is 11.8 Å². The van der Waals surface area contributed by atoms with Gasteiger partial charge in [-0.25, -0.2) is 18.8 Å². The number of H-pyrrole nitrogens is 1. The Hall–Kier alpha value is -2.44. The maximum atomic E-state index is 15.4. The minimum Gasteiger partial charge on any atom is -0.377 e. The third kappa shape index (κ3) is 4.81. The van der Waals surface area contributed by atoms with Crippen molar-refractivity contribution in [2.45, 2.75) is 38.6 Å². The molecule has 0 unspecified atom stereocenters. The first-order valence-corrected chi connectivity index (χ1v) is 12.7. The fourth-order valence-electron chi connectivity index (χ4n) is 4.33. The van der Waals surface area contributed by atoms with Gasteiger partial charge in [-0.1, -0.05) is 0 Å². The lowest BCUT2D eigenvalue weighted by molar-refractivity contribution is 0.0983. The summed E-state index contributed by atoms with van der Waals surface area (Å²) in [4.78, 5) is 6.39. The Morgan fingerprint density at radius 2 is 2.22 bits per heavy atom. The van der Waals surface area contributed by atoms with Crippen molar-refractivity contribution in [2.75, 3.05) is 53.7 Å². The number of fused-ring (bicyclic) bond motifs is 1. The number of morpholine rings is 1. The predicted octanol–water partition coefficient (Wildman–Crippen LogP) is 1.43. The number of anilines is 3. The molecule has 10 nitrogen and oxygen atoms in total. The number of sulfonamides is 1. The molecule has 2 aliphatic rings. The molecule has 0 spiro atoms. The molecule has 0 amide bonds. The van der Waals surface area contributed by atoms with Crippen LogP contribution in [0.25, 0.3) is 0 Å². The van der Waals surface area contributed by atoms with Gasteiger partial charge in [0.25, 0.3) is 0 Å². The third-order valence-corrected chi connectivity index (χ3v) is 6.98. The molecule has 0 aliphatic carbocycles. The van der Waals surface area contributed by atoms with Crippen LogP contribution in [-0.2, 0) is 27.6 Å². The van der Waals surface area contributed by atoms with Crippen LogP contribution >= 0.6 is 0 Å². The van der Waals surface area contributed by atoms with E-state index >= 15 is 4.39 Å². The number of pyridine rings is 1. The van der Waals surface area contributed by atoms with E-state index in [0.717, 1.165) is 5.56 Å². The highest BCUT2D eigenvalue weighted by Crippen LogP contribution is 2.40. The monoisotopic (exact) mass is 467 g/mol. The number of nitrogens with zero attached hydrogens (tertiary/aromatic N) is 4. The van der Waals surface area contributed by atoms with Crippen LogP contribution in [0.3, 0.4) is 0 Å². The van der Waals surface area contributed by atoms with Crippen LogP contribution in [0.1, 0.15) is 30.9 Å². The van der Waals surface area contributed by atoms with Crippen molar-refractivity contribution in [3.8, 4) is 0 Å². The normalized spacial score (nSPS) is 19.2. The van der Waals surface area contributed by atoms with E-state index < -0.39 is 16.0 Å². The number of hydrogen-bond acceptors (Lipinski definition) is 8. The lowest BCUT2D eigenvalue weighted by Gasteiger charge is -2.39. The molecular weight excluding hydrogens is 437 g/mol. The zero-order valence-corrected chi connectivity index (χ0v) is 19.2. The lowest BCUT2D eigenvalue weighted by Crippen LogP contribution is -2.45. The molecule has 1 fully saturated rings. The lowest BCUT2D eigenvalue weighted by atomic mass is 9.97. The first kappa shape index (κ1) is 22.7. The van der Waals surface area contributed by atoms with Crippen LogP contribution in [0.5, 0.6) is 0 Å². The van der Waals surface area contributed by atoms with E-state index in [0.29, 0.717) is 81.4 Å². The smallest absolute Gasteiger partial charge is 0.232 e. The zero-order valence-electron chi connectivity index (χ0n) is 18.4. The largest absolute Gasteiger partial charge is 0.377 e. The summed E-state index contributed by atoms with van der Waals surface area (Å²) in [5.74, 6) is 0.597. The Bertz CT molecular complexity index is 1030. The summed E-state index contributed by atoms with van der Waals surface area (Å²) >= 11 is 0. The van der Waals surface area contributed by atoms with E-state index in [1.165, 1.54) is 10.6 Å². The molecule has 0 aromatic carbocycles. The minimum atomic E-state index is -3.55. The van der Waals surface area contributed by atoms with Gasteiger partial charge in [-0.2, -0.15) is 9.49 Å². The summed E-state index contributed by atoms with van der Waals surface area (Å²) in [6, 6.07) is 1.82. The van der Waals surface area contributed by atoms with Crippen LogP contribution in [0.15, 0.2) is 12.3 Å². The van der Waals surface area contributed by atoms with Gasteiger partial charge < -0.3 is 15.1 Å². The summed E-state index contributed by atoms with van der Waals surface area (Å²) in [5.41, 5.74) is 7.63. The fourth-order valence-corrected chi connectivity index (χ4v) is 5.34. The summed E-state index contributed by atoms with van der Waals surface area (Å²) in [7, 11) is -3.55. The molecule has 12 heteroatoms. The van der Waals surface area contributed by atoms with E-state index in [-0.39, 0.29) is 6.04 Å². The highest BCUT2D eigenvalue weighted by atomic mass is 32.2. The van der Waals surface area contributed by atoms with Crippen LogP contribution in [0.2, 0.25) is 0 Å². The Balaban J connectivity index is 1.62. The highest BCUT2D eigenvalue weighted by Gasteiger charge is 2.34. The van der Waals surface area contributed by atoms with Crippen LogP contribution in [-0.4, -0.2) is 68.7 Å². The Kier molecular flexibility index (Phi) is 6.82. The van der Waals surface area contributed by atoms with Gasteiger partial charge in [0.1, 0.15) is 5.82 Å². The van der Waals surface area contributed by atoms with Gasteiger partial charge in [0.15, 0.2) is 5.82 Å². The molecule has 0 bridgehead atoms. The summed E-state index contributed by atoms with van der Waals surface area (Å²) < 4.78 is 47.4. The molecule has 2 aromatic heterocycles. The molecule has 4 rings (SSSR count). The van der Waals surface area contributed by atoms with Crippen molar-refractivity contribution in [3.05, 3.63) is 29.3 Å². The van der Waals surface area contributed by atoms with E-state index in [1.54, 1.807) is 12.3 Å². The Labute approximate surface area is 187 Å². The first-order chi connectivity index (χ1) is 15.4. The van der Waals surface area contributed by atoms with E-state index in [4.69, 9.17) is 4.74 Å². The van der Waals surface area contributed by atoms with Crippen molar-refractivity contribution in [1.29, 1.82) is 0 Å². The van der Waals surface area contributed by atoms with Crippen LogP contribution < -0.4 is 20.1 Å². The minimum absolute atomic E-state index is 0.0384. The first-order valence-electron chi connectivity index (χ1n) is 10.9. The topological polar surface area (TPSA) is 115 Å². The number of halogens is 1. The molecule has 3 N–H and O–H groups in total. The Morgan fingerprint density at radius 1 is 1.38 bits per heavy atom. The standard InChI is InChI=1S/C20H30FN7O3S/c1-14-13-31-12-11-27(14)20-16-6-4-10-28(32(2,29)30)18(16)15(19(21)24-20)5-3-8-22-25-17-7-9-23-26-17/h7,9,14,22H,3-6,8,10-13H2,1-2H3,(H2,23,25,26)/t14-/m1/s1. The molecule has 0 radical (unpaired) electrons. The van der Waals surface area contributed by atoms with Crippen molar-refractivity contribution < 1.29 is 17.5 Å². The maximum absolute atomic E-state index is 15.4. The van der Waals surface area contributed by atoms with Gasteiger partial charge in [0, 0.05) is 43.0 Å². The van der Waals surface area contributed by atoms with Gasteiger partial charge in [0.05, 0.1) is 31.2 Å². The second-order valence-electron chi connectivity index (χ2n) is 8.20. The molecular formula is C20H30FN7O3S. The van der Waals surface area contributed by atoms with E-state index in [2.05, 4.69) is 26.0 Å². The molecule has 4 heterocycles. The summed E-state index contributed by atoms with van der Waals surface area (Å²) in [5, 5.41) is 6.69. The van der Waals surface area contributed by atoms with Crippen LogP contribution in [0, 0.1) is 5.95 Å². The fraction of sp³-hybridized carbons (Fsp3) is 0.600. The zero-order chi connectivity index (χ0) is 22.7. The second kappa shape index (κ2) is 9.59. The van der Waals surface area contributed by atoms with Gasteiger partial charge in [-0.05, 0) is 32.6 Å². The average molecular weight is 468 g/mol. The summed E-state index contributed by atoms with van der Waals surface area (Å²) in [6.07, 6.45) is 5.17. The number of hydrogen-bond donors (Lipinski definition) is 3. The number of ether oxygens (including phenoxy) is 1. The van der Waals surface area contributed by atoms with Crippen molar-refractivity contribution in [1.82, 2.24) is 20.6 Å². The molecule has 2 aliphatic heterocycles. The molecule has 32 heavy (non-hydrogen) atoms. The number of rotatable bonds is 8. The quantitative estimate of drug-likeness (QED) is 0.303. The number of aromatic amines is 1. The molecule has 1 atom stereocenters. The van der Waals surface area contributed by atoms with Crippen molar-refractivity contribution in [3.63, 3.8) is 0 Å². The molecule has 176 valence electrons. The predicted molar refractivity (Wildman–Crippen MR) is 121 cm³/mol. The summed E-state index contributed by atoms with van der Waals surface area (Å²) in [6.45, 7) is 4.57. The molecule has 1 saturated heterocycles. The third-order valence-electron chi connectivity index (χ3n) is 5.82. The van der Waals surface area contributed by atoms with E-state index in [9.17, 15) is 8.42 Å². The number of hydrazine groups is 1. The van der Waals surface area contributed by atoms with Crippen LogP contribution in [0.4, 0.5) is 21.7 Å². The SMILES string of the molecule is C[C@@H]1COCCN1c1nc(F)c(CCCNNc2cc[nH]n2)c2c1CCCN2S(C)(=O)=O. The number of aromatic nitrogens is 3. The maximum Gasteiger partial charge on any atom is 0.232 e. The highest BCUT2D eigenvalue weighted by molar-refractivity contribution is 7.92. The number of nitrogens with one attached hydrogen (secondary N) is 3. The van der Waals surface area contributed by atoms with Gasteiger partial charge >= 0.3 is 0 Å². The van der Waals surface area contributed by atoms with Crippen molar-refractivity contribution in [2.24, 2.45) is 0 Å². The van der Waals surface area contributed by atoms with Crippen molar-refractivity contribution >= 4 is 27.3 Å². The van der Waals surface area contributed by atoms with Gasteiger partial charge in [-0.3, -0.25) is 9.40 Å².